The molecule has 3 amide bonds. The molecule has 3 rings (SSSR count). The van der Waals surface area contributed by atoms with E-state index in [1.165, 1.54) is 20.3 Å². The van der Waals surface area contributed by atoms with E-state index < -0.39 is 24.5 Å². The average molecular weight is 431 g/mol. The van der Waals surface area contributed by atoms with Crippen LogP contribution in [0.2, 0.25) is 5.02 Å². The number of hydrogen-bond donors (Lipinski definition) is 1. The minimum atomic E-state index is -0.693. The lowest BCUT2D eigenvalue weighted by atomic mass is 10.1. The maximum absolute atomic E-state index is 12.4. The second kappa shape index (κ2) is 9.32. The molecule has 0 aromatic heterocycles. The molecule has 1 aliphatic rings. The monoisotopic (exact) mass is 430 g/mol. The number of imide groups is 1. The summed E-state index contributed by atoms with van der Waals surface area (Å²) < 4.78 is 15.7. The summed E-state index contributed by atoms with van der Waals surface area (Å²) in [5.41, 5.74) is 1.47. The van der Waals surface area contributed by atoms with Gasteiger partial charge in [0.15, 0.2) is 11.5 Å². The Kier molecular flexibility index (Phi) is 6.58. The largest absolute Gasteiger partial charge is 0.493 e. The summed E-state index contributed by atoms with van der Waals surface area (Å²) in [5.74, 6) is -0.377. The van der Waals surface area contributed by atoms with Gasteiger partial charge in [-0.1, -0.05) is 35.9 Å². The smallest absolute Gasteiger partial charge is 0.329 e. The fraction of sp³-hybridized carbons (Fsp3) is 0.190. The van der Waals surface area contributed by atoms with Gasteiger partial charge in [0, 0.05) is 10.6 Å². The van der Waals surface area contributed by atoms with Crippen molar-refractivity contribution >= 4 is 35.6 Å². The van der Waals surface area contributed by atoms with E-state index in [1.54, 1.807) is 24.3 Å². The third-order valence-corrected chi connectivity index (χ3v) is 4.69. The van der Waals surface area contributed by atoms with Gasteiger partial charge in [0.1, 0.15) is 18.8 Å². The summed E-state index contributed by atoms with van der Waals surface area (Å²) >= 11 is 6.14. The van der Waals surface area contributed by atoms with Crippen molar-refractivity contribution in [2.45, 2.75) is 6.61 Å². The van der Waals surface area contributed by atoms with Gasteiger partial charge in [-0.05, 0) is 29.8 Å². The van der Waals surface area contributed by atoms with Crippen molar-refractivity contribution in [2.24, 2.45) is 0 Å². The van der Waals surface area contributed by atoms with E-state index in [-0.39, 0.29) is 12.3 Å². The minimum Gasteiger partial charge on any atom is -0.493 e. The van der Waals surface area contributed by atoms with E-state index in [1.807, 2.05) is 18.2 Å². The highest BCUT2D eigenvalue weighted by atomic mass is 35.5. The summed E-state index contributed by atoms with van der Waals surface area (Å²) in [7, 11) is 2.67. The van der Waals surface area contributed by atoms with Crippen LogP contribution >= 0.6 is 11.6 Å². The number of nitrogens with zero attached hydrogens (tertiary/aromatic N) is 1. The van der Waals surface area contributed by atoms with Crippen molar-refractivity contribution in [3.8, 4) is 11.5 Å². The Morgan fingerprint density at radius 2 is 1.90 bits per heavy atom. The molecule has 0 radical (unpaired) electrons. The Balaban J connectivity index is 1.76. The molecular weight excluding hydrogens is 412 g/mol. The Labute approximate surface area is 178 Å². The molecule has 156 valence electrons. The molecule has 1 saturated heterocycles. The third kappa shape index (κ3) is 4.72. The van der Waals surface area contributed by atoms with Gasteiger partial charge < -0.3 is 19.5 Å². The van der Waals surface area contributed by atoms with Gasteiger partial charge in [-0.3, -0.25) is 9.59 Å². The highest BCUT2D eigenvalue weighted by molar-refractivity contribution is 6.31. The van der Waals surface area contributed by atoms with Gasteiger partial charge >= 0.3 is 12.0 Å². The van der Waals surface area contributed by atoms with E-state index in [4.69, 9.17) is 21.1 Å². The van der Waals surface area contributed by atoms with E-state index in [0.29, 0.717) is 22.1 Å². The number of hydrogen-bond acceptors (Lipinski definition) is 6. The van der Waals surface area contributed by atoms with E-state index in [9.17, 15) is 14.4 Å². The van der Waals surface area contributed by atoms with Crippen LogP contribution in [0.5, 0.6) is 11.5 Å². The number of methoxy groups -OCH3 is 2. The first-order chi connectivity index (χ1) is 14.4. The first-order valence-electron chi connectivity index (χ1n) is 8.88. The van der Waals surface area contributed by atoms with Gasteiger partial charge in [-0.25, -0.2) is 9.69 Å². The second-order valence-corrected chi connectivity index (χ2v) is 6.65. The molecule has 0 bridgehead atoms. The number of urea groups is 1. The molecule has 2 aromatic rings. The maximum Gasteiger partial charge on any atom is 0.329 e. The van der Waals surface area contributed by atoms with Crippen molar-refractivity contribution in [2.75, 3.05) is 20.8 Å². The molecule has 0 atom stereocenters. The summed E-state index contributed by atoms with van der Waals surface area (Å²) in [5, 5.41) is 3.04. The van der Waals surface area contributed by atoms with Crippen molar-refractivity contribution < 1.29 is 28.6 Å². The molecule has 0 aliphatic carbocycles. The Bertz CT molecular complexity index is 1020. The Morgan fingerprint density at radius 1 is 1.13 bits per heavy atom. The molecule has 0 unspecified atom stereocenters. The molecule has 8 nitrogen and oxygen atoms in total. The normalized spacial score (nSPS) is 14.6. The van der Waals surface area contributed by atoms with Crippen LogP contribution in [-0.4, -0.2) is 43.6 Å². The fourth-order valence-corrected chi connectivity index (χ4v) is 2.93. The van der Waals surface area contributed by atoms with E-state index in [0.717, 1.165) is 10.5 Å². The van der Waals surface area contributed by atoms with Gasteiger partial charge in [0.2, 0.25) is 0 Å². The lowest BCUT2D eigenvalue weighted by Gasteiger charge is -2.12. The molecule has 0 saturated carbocycles. The first kappa shape index (κ1) is 21.2. The third-order valence-electron chi connectivity index (χ3n) is 4.32. The van der Waals surface area contributed by atoms with Gasteiger partial charge in [-0.15, -0.1) is 0 Å². The predicted molar refractivity (Wildman–Crippen MR) is 109 cm³/mol. The molecule has 30 heavy (non-hydrogen) atoms. The zero-order chi connectivity index (χ0) is 21.7. The van der Waals surface area contributed by atoms with Gasteiger partial charge in [-0.2, -0.15) is 0 Å². The van der Waals surface area contributed by atoms with Crippen LogP contribution in [0.3, 0.4) is 0 Å². The van der Waals surface area contributed by atoms with Gasteiger partial charge in [0.25, 0.3) is 5.91 Å². The standard InChI is InChI=1S/C21H19ClN2O6/c1-28-18-10-13(7-8-17(18)30-12-14-5-3-4-6-15(14)22)9-16-20(26)24(21(27)23-16)11-19(25)29-2/h3-10H,11-12H2,1-2H3,(H,23,27)/b16-9+. The lowest BCUT2D eigenvalue weighted by molar-refractivity contribution is -0.143. The number of nitrogens with one attached hydrogen (secondary N) is 1. The second-order valence-electron chi connectivity index (χ2n) is 6.25. The summed E-state index contributed by atoms with van der Waals surface area (Å²) in [6.07, 6.45) is 1.48. The molecular formula is C21H19ClN2O6. The van der Waals surface area contributed by atoms with Crippen molar-refractivity contribution in [3.05, 3.63) is 64.3 Å². The summed E-state index contributed by atoms with van der Waals surface area (Å²) in [6.45, 7) is -0.204. The highest BCUT2D eigenvalue weighted by Gasteiger charge is 2.35. The maximum atomic E-state index is 12.4. The molecule has 1 heterocycles. The van der Waals surface area contributed by atoms with E-state index in [2.05, 4.69) is 10.1 Å². The molecule has 2 aromatic carbocycles. The van der Waals surface area contributed by atoms with Crippen LogP contribution in [0.15, 0.2) is 48.2 Å². The molecule has 1 aliphatic heterocycles. The topological polar surface area (TPSA) is 94.2 Å². The molecule has 1 fully saturated rings. The summed E-state index contributed by atoms with van der Waals surface area (Å²) in [4.78, 5) is 36.5. The number of halogens is 1. The number of benzene rings is 2. The van der Waals surface area contributed by atoms with Crippen molar-refractivity contribution in [3.63, 3.8) is 0 Å². The first-order valence-corrected chi connectivity index (χ1v) is 9.26. The number of esters is 1. The average Bonchev–Trinajstić information content (AvgIpc) is 3.00. The van der Waals surface area contributed by atoms with Crippen LogP contribution in [0.4, 0.5) is 4.79 Å². The molecule has 1 N–H and O–H groups in total. The van der Waals surface area contributed by atoms with E-state index >= 15 is 0 Å². The van der Waals surface area contributed by atoms with Crippen LogP contribution < -0.4 is 14.8 Å². The number of rotatable bonds is 7. The molecule has 0 spiro atoms. The predicted octanol–water partition coefficient (Wildman–Crippen LogP) is 2.99. The number of carbonyl (C=O) groups excluding carboxylic acids is 3. The zero-order valence-electron chi connectivity index (χ0n) is 16.3. The number of amides is 3. The van der Waals surface area contributed by atoms with Crippen molar-refractivity contribution in [1.82, 2.24) is 10.2 Å². The Hall–Kier alpha value is -3.52. The van der Waals surface area contributed by atoms with Crippen LogP contribution in [0.25, 0.3) is 6.08 Å². The van der Waals surface area contributed by atoms with Gasteiger partial charge in [0.05, 0.1) is 14.2 Å². The van der Waals surface area contributed by atoms with Crippen molar-refractivity contribution in [1.29, 1.82) is 0 Å². The van der Waals surface area contributed by atoms with Crippen LogP contribution in [0.1, 0.15) is 11.1 Å². The Morgan fingerprint density at radius 3 is 2.60 bits per heavy atom. The SMILES string of the molecule is COC(=O)CN1C(=O)N/C(=C/c2ccc(OCc3ccccc3Cl)c(OC)c2)C1=O. The fourth-order valence-electron chi connectivity index (χ4n) is 2.74. The minimum absolute atomic E-state index is 0.0377. The number of carbonyl (C=O) groups is 3. The zero-order valence-corrected chi connectivity index (χ0v) is 17.1. The quantitative estimate of drug-likeness (QED) is 0.412. The lowest BCUT2D eigenvalue weighted by Crippen LogP contribution is -2.36. The highest BCUT2D eigenvalue weighted by Crippen LogP contribution is 2.30. The van der Waals surface area contributed by atoms with Crippen LogP contribution in [0, 0.1) is 0 Å². The van der Waals surface area contributed by atoms with Crippen LogP contribution in [-0.2, 0) is 20.9 Å². The number of ether oxygens (including phenoxy) is 3. The molecule has 9 heteroatoms. The summed E-state index contributed by atoms with van der Waals surface area (Å²) in [6, 6.07) is 11.7.